The molecule has 0 fully saturated rings. The second-order valence-electron chi connectivity index (χ2n) is 9.30. The van der Waals surface area contributed by atoms with E-state index in [0.717, 1.165) is 5.56 Å². The highest BCUT2D eigenvalue weighted by atomic mass is 19.1. The third-order valence-electron chi connectivity index (χ3n) is 6.87. The Kier molecular flexibility index (Phi) is 6.88. The Hall–Kier alpha value is -5.13. The van der Waals surface area contributed by atoms with E-state index in [9.17, 15) is 13.6 Å². The van der Waals surface area contributed by atoms with Gasteiger partial charge in [-0.05, 0) is 35.9 Å². The van der Waals surface area contributed by atoms with Gasteiger partial charge in [0.05, 0.1) is 31.7 Å². The predicted octanol–water partition coefficient (Wildman–Crippen LogP) is 4.69. The van der Waals surface area contributed by atoms with Crippen molar-refractivity contribution >= 4 is 28.7 Å². The third-order valence-corrected chi connectivity index (χ3v) is 6.87. The average Bonchev–Trinajstić information content (AvgIpc) is 3.73. The Labute approximate surface area is 232 Å². The minimum atomic E-state index is -0.539. The van der Waals surface area contributed by atoms with Gasteiger partial charge >= 0.3 is 0 Å². The van der Waals surface area contributed by atoms with Crippen molar-refractivity contribution in [2.45, 2.75) is 18.9 Å². The number of hydrogen-bond donors (Lipinski definition) is 2. The van der Waals surface area contributed by atoms with Crippen molar-refractivity contribution in [2.24, 2.45) is 10.3 Å². The van der Waals surface area contributed by atoms with Gasteiger partial charge in [0, 0.05) is 41.1 Å². The average molecular weight is 563 g/mol. The number of methoxy groups -OCH3 is 2. The summed E-state index contributed by atoms with van der Waals surface area (Å²) >= 11 is 0. The van der Waals surface area contributed by atoms with Crippen LogP contribution in [0.1, 0.15) is 33.5 Å². The maximum Gasteiger partial charge on any atom is 0.273 e. The summed E-state index contributed by atoms with van der Waals surface area (Å²) in [4.78, 5) is 21.6. The molecule has 210 valence electrons. The lowest BCUT2D eigenvalue weighted by atomic mass is 9.95. The normalized spacial score (nSPS) is 15.7. The third kappa shape index (κ3) is 4.88. The number of hydrazone groups is 1. The van der Waals surface area contributed by atoms with Crippen LogP contribution in [-0.2, 0) is 11.3 Å². The zero-order valence-electron chi connectivity index (χ0n) is 22.0. The van der Waals surface area contributed by atoms with E-state index in [-0.39, 0.29) is 18.2 Å². The standard InChI is InChI=1S/C29H24F2N4O6/c1-37-25-20(10-18-11-24(35-41-18)15-3-5-16(30)6-4-15)21(26(38-2)28-27(25)39-14-40-28)13-33-34-29(36)22-12-32-23-8-7-17(31)9-19(22)23/h3-9,12-13,18,32H,10-11,14H2,1-2H3,(H,34,36)/b33-13+. The molecule has 0 saturated heterocycles. The molecule has 1 amide bonds. The molecule has 2 aliphatic rings. The molecular weight excluding hydrogens is 538 g/mol. The van der Waals surface area contributed by atoms with Crippen molar-refractivity contribution in [1.82, 2.24) is 10.4 Å². The summed E-state index contributed by atoms with van der Waals surface area (Å²) in [5.41, 5.74) is 5.87. The Balaban J connectivity index is 1.30. The van der Waals surface area contributed by atoms with Gasteiger partial charge in [-0.3, -0.25) is 4.79 Å². The van der Waals surface area contributed by atoms with E-state index >= 15 is 0 Å². The van der Waals surface area contributed by atoms with Gasteiger partial charge in [0.1, 0.15) is 17.7 Å². The number of ether oxygens (including phenoxy) is 4. The van der Waals surface area contributed by atoms with Crippen LogP contribution >= 0.6 is 0 Å². The van der Waals surface area contributed by atoms with E-state index < -0.39 is 17.8 Å². The summed E-state index contributed by atoms with van der Waals surface area (Å²) in [5, 5.41) is 8.80. The first kappa shape index (κ1) is 26.1. The number of carbonyl (C=O) groups is 1. The minimum absolute atomic E-state index is 0.0340. The molecule has 3 aromatic carbocycles. The SMILES string of the molecule is COc1c(/C=N/NC(=O)c2c[nH]c3ccc(F)cc23)c(CC2CC(c3ccc(F)cc3)=NO2)c(OC)c2c1OCO2. The van der Waals surface area contributed by atoms with Gasteiger partial charge in [-0.1, -0.05) is 17.3 Å². The van der Waals surface area contributed by atoms with Gasteiger partial charge in [0.2, 0.25) is 18.3 Å². The number of H-pyrrole nitrogens is 1. The molecule has 2 N–H and O–H groups in total. The van der Waals surface area contributed by atoms with Crippen molar-refractivity contribution in [1.29, 1.82) is 0 Å². The first-order valence-electron chi connectivity index (χ1n) is 12.6. The minimum Gasteiger partial charge on any atom is -0.492 e. The highest BCUT2D eigenvalue weighted by Crippen LogP contribution is 2.52. The van der Waals surface area contributed by atoms with Crippen LogP contribution in [-0.4, -0.2) is 49.9 Å². The number of nitrogens with zero attached hydrogens (tertiary/aromatic N) is 2. The Bertz CT molecular complexity index is 1700. The summed E-state index contributed by atoms with van der Waals surface area (Å²) in [7, 11) is 2.98. The zero-order chi connectivity index (χ0) is 28.5. The lowest BCUT2D eigenvalue weighted by molar-refractivity contribution is 0.0853. The summed E-state index contributed by atoms with van der Waals surface area (Å²) in [6.45, 7) is -0.0340. The molecule has 1 aromatic heterocycles. The predicted molar refractivity (Wildman–Crippen MR) is 145 cm³/mol. The second kappa shape index (κ2) is 10.8. The number of fused-ring (bicyclic) bond motifs is 2. The zero-order valence-corrected chi connectivity index (χ0v) is 22.0. The summed E-state index contributed by atoms with van der Waals surface area (Å²) < 4.78 is 49.9. The monoisotopic (exact) mass is 562 g/mol. The fraction of sp³-hybridized carbons (Fsp3) is 0.207. The number of halogens is 2. The van der Waals surface area contributed by atoms with Crippen molar-refractivity contribution in [2.75, 3.05) is 21.0 Å². The van der Waals surface area contributed by atoms with Crippen LogP contribution in [0.2, 0.25) is 0 Å². The van der Waals surface area contributed by atoms with Gasteiger partial charge < -0.3 is 28.8 Å². The van der Waals surface area contributed by atoms with Crippen molar-refractivity contribution in [3.63, 3.8) is 0 Å². The number of oxime groups is 1. The summed E-state index contributed by atoms with van der Waals surface area (Å²) in [6.07, 6.45) is 3.28. The maximum absolute atomic E-state index is 13.8. The number of hydrogen-bond acceptors (Lipinski definition) is 8. The number of benzene rings is 3. The fourth-order valence-electron chi connectivity index (χ4n) is 4.97. The lowest BCUT2D eigenvalue weighted by Gasteiger charge is -2.19. The highest BCUT2D eigenvalue weighted by molar-refractivity contribution is 6.07. The molecule has 0 spiro atoms. The number of amides is 1. The smallest absolute Gasteiger partial charge is 0.273 e. The number of aromatic amines is 1. The van der Waals surface area contributed by atoms with Gasteiger partial charge in [-0.25, -0.2) is 14.2 Å². The second-order valence-corrected chi connectivity index (χ2v) is 9.30. The molecule has 0 saturated carbocycles. The van der Waals surface area contributed by atoms with E-state index in [1.807, 2.05) is 0 Å². The number of aromatic nitrogens is 1. The molecule has 2 aliphatic heterocycles. The Morgan fingerprint density at radius 2 is 1.83 bits per heavy atom. The molecule has 41 heavy (non-hydrogen) atoms. The molecule has 0 bridgehead atoms. The van der Waals surface area contributed by atoms with E-state index in [0.29, 0.717) is 63.6 Å². The topological polar surface area (TPSA) is 116 Å². The van der Waals surface area contributed by atoms with Gasteiger partial charge in [0.15, 0.2) is 11.5 Å². The largest absolute Gasteiger partial charge is 0.492 e. The maximum atomic E-state index is 13.8. The fourth-order valence-corrected chi connectivity index (χ4v) is 4.97. The molecule has 0 radical (unpaired) electrons. The molecule has 1 unspecified atom stereocenters. The molecule has 3 heterocycles. The first-order chi connectivity index (χ1) is 20.0. The molecule has 0 aliphatic carbocycles. The van der Waals surface area contributed by atoms with E-state index in [2.05, 4.69) is 20.7 Å². The highest BCUT2D eigenvalue weighted by Gasteiger charge is 2.34. The van der Waals surface area contributed by atoms with Crippen LogP contribution in [0.3, 0.4) is 0 Å². The quantitative estimate of drug-likeness (QED) is 0.238. The van der Waals surface area contributed by atoms with E-state index in [1.54, 1.807) is 18.2 Å². The van der Waals surface area contributed by atoms with Crippen molar-refractivity contribution in [3.05, 3.63) is 82.5 Å². The van der Waals surface area contributed by atoms with Crippen LogP contribution in [0.25, 0.3) is 10.9 Å². The number of nitrogens with one attached hydrogen (secondary N) is 2. The molecular formula is C29H24F2N4O6. The van der Waals surface area contributed by atoms with Gasteiger partial charge in [-0.2, -0.15) is 5.10 Å². The number of carbonyl (C=O) groups excluding carboxylic acids is 1. The summed E-state index contributed by atoms with van der Waals surface area (Å²) in [6, 6.07) is 10.2. The van der Waals surface area contributed by atoms with Crippen LogP contribution in [0.15, 0.2) is 58.9 Å². The van der Waals surface area contributed by atoms with Crippen LogP contribution < -0.4 is 24.4 Å². The van der Waals surface area contributed by atoms with Gasteiger partial charge in [0.25, 0.3) is 5.91 Å². The van der Waals surface area contributed by atoms with Gasteiger partial charge in [-0.15, -0.1) is 0 Å². The van der Waals surface area contributed by atoms with E-state index in [1.165, 1.54) is 50.9 Å². The van der Waals surface area contributed by atoms with Crippen LogP contribution in [0, 0.1) is 11.6 Å². The van der Waals surface area contributed by atoms with Crippen molar-refractivity contribution in [3.8, 4) is 23.0 Å². The molecule has 1 atom stereocenters. The Morgan fingerprint density at radius 1 is 1.10 bits per heavy atom. The van der Waals surface area contributed by atoms with Crippen LogP contribution in [0.5, 0.6) is 23.0 Å². The summed E-state index contributed by atoms with van der Waals surface area (Å²) in [5.74, 6) is 0.104. The van der Waals surface area contributed by atoms with Crippen LogP contribution in [0.4, 0.5) is 8.78 Å². The van der Waals surface area contributed by atoms with E-state index in [4.69, 9.17) is 23.8 Å². The first-order valence-corrected chi connectivity index (χ1v) is 12.6. The lowest BCUT2D eigenvalue weighted by Crippen LogP contribution is -2.18. The van der Waals surface area contributed by atoms with Crippen molar-refractivity contribution < 1.29 is 37.4 Å². The number of rotatable bonds is 8. The molecule has 12 heteroatoms. The molecule has 6 rings (SSSR count). The molecule has 4 aromatic rings. The molecule has 10 nitrogen and oxygen atoms in total. The Morgan fingerprint density at radius 3 is 2.59 bits per heavy atom.